The number of rotatable bonds is 3. The number of aromatic nitrogens is 1. The molecule has 0 atom stereocenters. The van der Waals surface area contributed by atoms with Gasteiger partial charge >= 0.3 is 0 Å². The van der Waals surface area contributed by atoms with Crippen molar-refractivity contribution >= 4 is 32.1 Å². The molecule has 0 unspecified atom stereocenters. The van der Waals surface area contributed by atoms with Crippen LogP contribution in [0, 0.1) is 29.6 Å². The van der Waals surface area contributed by atoms with E-state index in [4.69, 9.17) is 10.5 Å². The van der Waals surface area contributed by atoms with Crippen LogP contribution in [0.3, 0.4) is 0 Å². The summed E-state index contributed by atoms with van der Waals surface area (Å²) in [5.74, 6) is 0. The van der Waals surface area contributed by atoms with Crippen LogP contribution in [0.25, 0.3) is 0 Å². The SMILES string of the molecule is Cc1snc(S(=O)(=O)/C(C#N)=N\Nc2ccccc2)c1C#N. The fraction of sp³-hybridized carbons (Fsp3) is 0.0769. The van der Waals surface area contributed by atoms with Gasteiger partial charge in [0.15, 0.2) is 5.03 Å². The van der Waals surface area contributed by atoms with Gasteiger partial charge in [0.1, 0.15) is 17.7 Å². The second kappa shape index (κ2) is 6.35. The molecule has 0 amide bonds. The van der Waals surface area contributed by atoms with Crippen LogP contribution in [0.2, 0.25) is 0 Å². The van der Waals surface area contributed by atoms with Crippen molar-refractivity contribution in [1.29, 1.82) is 10.5 Å². The summed E-state index contributed by atoms with van der Waals surface area (Å²) in [6.45, 7) is 1.58. The Morgan fingerprint density at radius 1 is 1.32 bits per heavy atom. The number of benzene rings is 1. The molecule has 1 aromatic heterocycles. The molecule has 2 aromatic rings. The van der Waals surface area contributed by atoms with Gasteiger partial charge in [-0.1, -0.05) is 18.2 Å². The summed E-state index contributed by atoms with van der Waals surface area (Å²) in [7, 11) is -4.24. The predicted octanol–water partition coefficient (Wildman–Crippen LogP) is 2.05. The Hall–Kier alpha value is -2.75. The van der Waals surface area contributed by atoms with Crippen molar-refractivity contribution in [2.24, 2.45) is 5.10 Å². The molecule has 0 fully saturated rings. The minimum absolute atomic E-state index is 0.0624. The molecule has 7 nitrogen and oxygen atoms in total. The van der Waals surface area contributed by atoms with Crippen LogP contribution >= 0.6 is 11.5 Å². The van der Waals surface area contributed by atoms with Crippen molar-refractivity contribution in [3.05, 3.63) is 40.8 Å². The molecule has 0 saturated carbocycles. The highest BCUT2D eigenvalue weighted by molar-refractivity contribution is 8.07. The van der Waals surface area contributed by atoms with Gasteiger partial charge in [0, 0.05) is 4.88 Å². The van der Waals surface area contributed by atoms with Gasteiger partial charge in [-0.2, -0.15) is 20.0 Å². The van der Waals surface area contributed by atoms with Gasteiger partial charge in [0.25, 0.3) is 14.9 Å². The minimum Gasteiger partial charge on any atom is -0.277 e. The lowest BCUT2D eigenvalue weighted by Gasteiger charge is -2.01. The second-order valence-electron chi connectivity index (χ2n) is 4.04. The summed E-state index contributed by atoms with van der Waals surface area (Å²) >= 11 is 0.888. The molecule has 1 aromatic carbocycles. The number of hydrazone groups is 1. The number of aryl methyl sites for hydroxylation is 1. The van der Waals surface area contributed by atoms with E-state index >= 15 is 0 Å². The number of nitrogens with zero attached hydrogens (tertiary/aromatic N) is 4. The second-order valence-corrected chi connectivity index (χ2v) is 6.80. The van der Waals surface area contributed by atoms with Crippen LogP contribution in [0.1, 0.15) is 10.4 Å². The Morgan fingerprint density at radius 2 is 2.00 bits per heavy atom. The fourth-order valence-corrected chi connectivity index (χ4v) is 3.58. The molecule has 0 radical (unpaired) electrons. The third-order valence-corrected chi connectivity index (χ3v) is 4.97. The first-order valence-corrected chi connectivity index (χ1v) is 8.16. The van der Waals surface area contributed by atoms with E-state index in [1.807, 2.05) is 0 Å². The van der Waals surface area contributed by atoms with Gasteiger partial charge in [0.05, 0.1) is 5.69 Å². The number of sulfone groups is 1. The van der Waals surface area contributed by atoms with Gasteiger partial charge in [0.2, 0.25) is 0 Å². The van der Waals surface area contributed by atoms with Crippen LogP contribution in [-0.2, 0) is 9.84 Å². The van der Waals surface area contributed by atoms with E-state index in [-0.39, 0.29) is 5.56 Å². The molecule has 0 spiro atoms. The maximum absolute atomic E-state index is 12.4. The molecule has 9 heteroatoms. The third kappa shape index (κ3) is 2.96. The number of para-hydroxylation sites is 1. The van der Waals surface area contributed by atoms with Crippen LogP contribution < -0.4 is 5.43 Å². The Labute approximate surface area is 131 Å². The van der Waals surface area contributed by atoms with E-state index in [0.29, 0.717) is 10.6 Å². The Kier molecular flexibility index (Phi) is 4.51. The standard InChI is InChI=1S/C13H9N5O2S2/c1-9-11(7-14)13(18-21-9)22(19,20)12(8-15)17-16-10-5-3-2-4-6-10/h2-6,16H,1H3/b17-12-. The van der Waals surface area contributed by atoms with Gasteiger partial charge in [-0.05, 0) is 30.6 Å². The van der Waals surface area contributed by atoms with Crippen molar-refractivity contribution in [3.8, 4) is 12.1 Å². The molecule has 0 bridgehead atoms. The van der Waals surface area contributed by atoms with Crippen molar-refractivity contribution < 1.29 is 8.42 Å². The van der Waals surface area contributed by atoms with Crippen molar-refractivity contribution in [2.45, 2.75) is 11.9 Å². The summed E-state index contributed by atoms with van der Waals surface area (Å²) in [6.07, 6.45) is 0. The first-order valence-electron chi connectivity index (χ1n) is 5.91. The van der Waals surface area contributed by atoms with E-state index in [0.717, 1.165) is 11.5 Å². The zero-order valence-electron chi connectivity index (χ0n) is 11.3. The van der Waals surface area contributed by atoms with E-state index in [1.165, 1.54) is 6.07 Å². The largest absolute Gasteiger partial charge is 0.277 e. The highest BCUT2D eigenvalue weighted by Crippen LogP contribution is 2.23. The predicted molar refractivity (Wildman–Crippen MR) is 81.9 cm³/mol. The maximum atomic E-state index is 12.4. The highest BCUT2D eigenvalue weighted by atomic mass is 32.2. The van der Waals surface area contributed by atoms with Crippen LogP contribution in [0.5, 0.6) is 0 Å². The van der Waals surface area contributed by atoms with E-state index in [1.54, 1.807) is 43.3 Å². The van der Waals surface area contributed by atoms with Gasteiger partial charge in [-0.15, -0.1) is 0 Å². The summed E-state index contributed by atoms with van der Waals surface area (Å²) in [4.78, 5) is 0.467. The lowest BCUT2D eigenvalue weighted by Crippen LogP contribution is -2.16. The molecule has 0 aliphatic carbocycles. The normalized spacial score (nSPS) is 11.5. The molecule has 22 heavy (non-hydrogen) atoms. The molecule has 1 heterocycles. The number of nitriles is 2. The number of nitrogens with one attached hydrogen (secondary N) is 1. The van der Waals surface area contributed by atoms with Gasteiger partial charge in [-0.3, -0.25) is 5.43 Å². The smallest absolute Gasteiger partial charge is 0.258 e. The Balaban J connectivity index is 2.42. The lowest BCUT2D eigenvalue weighted by molar-refractivity contribution is 0.605. The Bertz CT molecular complexity index is 902. The van der Waals surface area contributed by atoms with Crippen molar-refractivity contribution in [2.75, 3.05) is 5.43 Å². The average Bonchev–Trinajstić information content (AvgIpc) is 2.90. The minimum atomic E-state index is -4.24. The average molecular weight is 331 g/mol. The summed E-state index contributed by atoms with van der Waals surface area (Å²) in [6, 6.07) is 11.9. The number of hydrogen-bond acceptors (Lipinski definition) is 8. The first kappa shape index (κ1) is 15.6. The molecule has 2 rings (SSSR count). The van der Waals surface area contributed by atoms with Crippen LogP contribution in [-0.4, -0.2) is 17.8 Å². The van der Waals surface area contributed by atoms with Crippen molar-refractivity contribution in [3.63, 3.8) is 0 Å². The zero-order valence-corrected chi connectivity index (χ0v) is 12.9. The van der Waals surface area contributed by atoms with Crippen molar-refractivity contribution in [1.82, 2.24) is 4.37 Å². The fourth-order valence-electron chi connectivity index (χ4n) is 1.53. The van der Waals surface area contributed by atoms with E-state index in [2.05, 4.69) is 14.9 Å². The molecule has 110 valence electrons. The molecular weight excluding hydrogens is 322 g/mol. The quantitative estimate of drug-likeness (QED) is 0.522. The van der Waals surface area contributed by atoms with E-state index in [9.17, 15) is 8.42 Å². The zero-order chi connectivity index (χ0) is 16.2. The Morgan fingerprint density at radius 3 is 2.59 bits per heavy atom. The molecular formula is C13H9N5O2S2. The first-order chi connectivity index (χ1) is 10.5. The number of hydrogen-bond donors (Lipinski definition) is 1. The molecule has 0 saturated heterocycles. The summed E-state index contributed by atoms with van der Waals surface area (Å²) < 4.78 is 28.5. The topological polar surface area (TPSA) is 119 Å². The van der Waals surface area contributed by atoms with Gasteiger partial charge < -0.3 is 0 Å². The molecule has 1 N–H and O–H groups in total. The summed E-state index contributed by atoms with van der Waals surface area (Å²) in [5, 5.41) is 20.5. The van der Waals surface area contributed by atoms with E-state index < -0.39 is 19.9 Å². The molecule has 0 aliphatic heterocycles. The van der Waals surface area contributed by atoms with Gasteiger partial charge in [-0.25, -0.2) is 8.42 Å². The molecule has 0 aliphatic rings. The van der Waals surface area contributed by atoms with Crippen LogP contribution in [0.4, 0.5) is 5.69 Å². The third-order valence-electron chi connectivity index (χ3n) is 2.61. The maximum Gasteiger partial charge on any atom is 0.258 e. The van der Waals surface area contributed by atoms with Crippen LogP contribution in [0.15, 0.2) is 40.5 Å². The summed E-state index contributed by atoms with van der Waals surface area (Å²) in [5.41, 5.74) is 2.96. The monoisotopic (exact) mass is 331 g/mol. The highest BCUT2D eigenvalue weighted by Gasteiger charge is 2.30. The lowest BCUT2D eigenvalue weighted by atomic mass is 10.3. The number of anilines is 1.